The third-order valence-electron chi connectivity index (χ3n) is 3.78. The van der Waals surface area contributed by atoms with Crippen molar-refractivity contribution in [2.24, 2.45) is 5.92 Å². The molecule has 21 heavy (non-hydrogen) atoms. The molecule has 1 aliphatic rings. The van der Waals surface area contributed by atoms with Crippen molar-refractivity contribution in [3.63, 3.8) is 0 Å². The Morgan fingerprint density at radius 3 is 2.76 bits per heavy atom. The summed E-state index contributed by atoms with van der Waals surface area (Å²) < 4.78 is 13.1. The number of urea groups is 1. The number of hydrogen-bond donors (Lipinski definition) is 2. The SMILES string of the molecule is CC(C)C1CCCN1C(=O)Nc1ccc(F)cc1C(=O)O. The second-order valence-corrected chi connectivity index (χ2v) is 5.57. The molecule has 0 aliphatic carbocycles. The molecule has 1 aromatic carbocycles. The molecule has 1 unspecified atom stereocenters. The van der Waals surface area contributed by atoms with E-state index in [1.54, 1.807) is 4.90 Å². The smallest absolute Gasteiger partial charge is 0.337 e. The van der Waals surface area contributed by atoms with Crippen LogP contribution in [0.25, 0.3) is 0 Å². The van der Waals surface area contributed by atoms with Crippen molar-refractivity contribution in [2.75, 3.05) is 11.9 Å². The summed E-state index contributed by atoms with van der Waals surface area (Å²) in [4.78, 5) is 25.2. The van der Waals surface area contributed by atoms with Crippen LogP contribution < -0.4 is 5.32 Å². The van der Waals surface area contributed by atoms with Gasteiger partial charge in [0, 0.05) is 12.6 Å². The summed E-state index contributed by atoms with van der Waals surface area (Å²) in [6.45, 7) is 4.76. The molecule has 0 aromatic heterocycles. The van der Waals surface area contributed by atoms with E-state index < -0.39 is 11.8 Å². The predicted molar refractivity (Wildman–Crippen MR) is 76.9 cm³/mol. The van der Waals surface area contributed by atoms with Crippen LogP contribution in [0.2, 0.25) is 0 Å². The lowest BCUT2D eigenvalue weighted by Crippen LogP contribution is -2.41. The molecule has 1 atom stereocenters. The first-order valence-electron chi connectivity index (χ1n) is 7.00. The van der Waals surface area contributed by atoms with Gasteiger partial charge in [-0.3, -0.25) is 0 Å². The Bertz CT molecular complexity index is 560. The van der Waals surface area contributed by atoms with Gasteiger partial charge < -0.3 is 15.3 Å². The molecule has 1 heterocycles. The van der Waals surface area contributed by atoms with Crippen LogP contribution in [-0.2, 0) is 0 Å². The summed E-state index contributed by atoms with van der Waals surface area (Å²) in [5.74, 6) is -1.58. The standard InChI is InChI=1S/C15H19FN2O3/c1-9(2)13-4-3-7-18(13)15(21)17-12-6-5-10(16)8-11(12)14(19)20/h5-6,8-9,13H,3-4,7H2,1-2H3,(H,17,21)(H,19,20). The van der Waals surface area contributed by atoms with Crippen LogP contribution in [0.4, 0.5) is 14.9 Å². The number of amides is 2. The quantitative estimate of drug-likeness (QED) is 0.899. The second-order valence-electron chi connectivity index (χ2n) is 5.57. The van der Waals surface area contributed by atoms with E-state index in [0.717, 1.165) is 25.0 Å². The van der Waals surface area contributed by atoms with E-state index in [4.69, 9.17) is 5.11 Å². The van der Waals surface area contributed by atoms with Crippen molar-refractivity contribution in [1.29, 1.82) is 0 Å². The number of halogens is 1. The van der Waals surface area contributed by atoms with E-state index in [0.29, 0.717) is 12.5 Å². The normalized spacial score (nSPS) is 18.1. The van der Waals surface area contributed by atoms with E-state index in [1.807, 2.05) is 0 Å². The Morgan fingerprint density at radius 2 is 2.14 bits per heavy atom. The molecule has 2 rings (SSSR count). The van der Waals surface area contributed by atoms with Gasteiger partial charge in [-0.15, -0.1) is 0 Å². The van der Waals surface area contributed by atoms with Crippen LogP contribution in [0, 0.1) is 11.7 Å². The highest BCUT2D eigenvalue weighted by molar-refractivity contribution is 6.00. The molecule has 5 nitrogen and oxygen atoms in total. The average Bonchev–Trinajstić information content (AvgIpc) is 2.90. The van der Waals surface area contributed by atoms with Crippen LogP contribution in [0.1, 0.15) is 37.0 Å². The van der Waals surface area contributed by atoms with Gasteiger partial charge in [-0.25, -0.2) is 14.0 Å². The molecule has 2 amide bonds. The van der Waals surface area contributed by atoms with Gasteiger partial charge in [0.05, 0.1) is 11.3 Å². The fraction of sp³-hybridized carbons (Fsp3) is 0.467. The zero-order valence-corrected chi connectivity index (χ0v) is 12.1. The zero-order valence-electron chi connectivity index (χ0n) is 12.1. The van der Waals surface area contributed by atoms with Crippen molar-refractivity contribution < 1.29 is 19.1 Å². The van der Waals surface area contributed by atoms with E-state index in [-0.39, 0.29) is 23.3 Å². The van der Waals surface area contributed by atoms with Crippen LogP contribution in [-0.4, -0.2) is 34.6 Å². The lowest BCUT2D eigenvalue weighted by Gasteiger charge is -2.28. The number of nitrogens with zero attached hydrogens (tertiary/aromatic N) is 1. The first-order valence-corrected chi connectivity index (χ1v) is 7.00. The predicted octanol–water partition coefficient (Wildman–Crippen LogP) is 3.18. The summed E-state index contributed by atoms with van der Waals surface area (Å²) in [5, 5.41) is 11.7. The number of benzene rings is 1. The van der Waals surface area contributed by atoms with Gasteiger partial charge in [0.25, 0.3) is 0 Å². The third kappa shape index (κ3) is 3.32. The van der Waals surface area contributed by atoms with Gasteiger partial charge in [0.2, 0.25) is 0 Å². The lowest BCUT2D eigenvalue weighted by molar-refractivity contribution is 0.0697. The van der Waals surface area contributed by atoms with Crippen molar-refractivity contribution >= 4 is 17.7 Å². The Morgan fingerprint density at radius 1 is 1.43 bits per heavy atom. The summed E-state index contributed by atoms with van der Waals surface area (Å²) in [6, 6.07) is 3.13. The average molecular weight is 294 g/mol. The maximum absolute atomic E-state index is 13.1. The number of carboxylic acids is 1. The second kappa shape index (κ2) is 6.11. The third-order valence-corrected chi connectivity index (χ3v) is 3.78. The van der Waals surface area contributed by atoms with E-state index in [2.05, 4.69) is 19.2 Å². The number of carbonyl (C=O) groups excluding carboxylic acids is 1. The van der Waals surface area contributed by atoms with Crippen LogP contribution in [0.5, 0.6) is 0 Å². The fourth-order valence-corrected chi connectivity index (χ4v) is 2.73. The van der Waals surface area contributed by atoms with Crippen LogP contribution in [0.3, 0.4) is 0 Å². The topological polar surface area (TPSA) is 69.6 Å². The zero-order chi connectivity index (χ0) is 15.6. The molecule has 6 heteroatoms. The van der Waals surface area contributed by atoms with Gasteiger partial charge >= 0.3 is 12.0 Å². The van der Waals surface area contributed by atoms with Gasteiger partial charge in [-0.05, 0) is 37.0 Å². The van der Waals surface area contributed by atoms with Crippen molar-refractivity contribution in [2.45, 2.75) is 32.7 Å². The molecular weight excluding hydrogens is 275 g/mol. The molecule has 0 radical (unpaired) electrons. The van der Waals surface area contributed by atoms with Gasteiger partial charge in [0.15, 0.2) is 0 Å². The minimum absolute atomic E-state index is 0.114. The Labute approximate surface area is 122 Å². The molecular formula is C15H19FN2O3. The minimum atomic E-state index is -1.27. The highest BCUT2D eigenvalue weighted by Gasteiger charge is 2.31. The van der Waals surface area contributed by atoms with Gasteiger partial charge in [0.1, 0.15) is 5.82 Å². The number of rotatable bonds is 3. The Hall–Kier alpha value is -2.11. The molecule has 1 aliphatic heterocycles. The molecule has 0 spiro atoms. The molecule has 1 saturated heterocycles. The van der Waals surface area contributed by atoms with Crippen LogP contribution >= 0.6 is 0 Å². The highest BCUT2D eigenvalue weighted by atomic mass is 19.1. The number of carboxylic acid groups (broad SMARTS) is 1. The first kappa shape index (κ1) is 15.3. The lowest BCUT2D eigenvalue weighted by atomic mass is 10.0. The molecule has 0 bridgehead atoms. The molecule has 1 aromatic rings. The number of nitrogens with one attached hydrogen (secondary N) is 1. The summed E-state index contributed by atoms with van der Waals surface area (Å²) in [6.07, 6.45) is 1.88. The largest absolute Gasteiger partial charge is 0.478 e. The number of carbonyl (C=O) groups is 2. The van der Waals surface area contributed by atoms with E-state index >= 15 is 0 Å². The minimum Gasteiger partial charge on any atom is -0.478 e. The number of hydrogen-bond acceptors (Lipinski definition) is 2. The van der Waals surface area contributed by atoms with Crippen molar-refractivity contribution in [1.82, 2.24) is 4.90 Å². The monoisotopic (exact) mass is 294 g/mol. The maximum atomic E-state index is 13.1. The van der Waals surface area contributed by atoms with Crippen molar-refractivity contribution in [3.05, 3.63) is 29.6 Å². The Kier molecular flexibility index (Phi) is 4.45. The molecule has 2 N–H and O–H groups in total. The highest BCUT2D eigenvalue weighted by Crippen LogP contribution is 2.25. The maximum Gasteiger partial charge on any atom is 0.337 e. The van der Waals surface area contributed by atoms with E-state index in [9.17, 15) is 14.0 Å². The number of anilines is 1. The molecule has 114 valence electrons. The van der Waals surface area contributed by atoms with Gasteiger partial charge in [-0.2, -0.15) is 0 Å². The first-order chi connectivity index (χ1) is 9.90. The molecule has 1 fully saturated rings. The van der Waals surface area contributed by atoms with E-state index in [1.165, 1.54) is 6.07 Å². The van der Waals surface area contributed by atoms with Crippen LogP contribution in [0.15, 0.2) is 18.2 Å². The van der Waals surface area contributed by atoms with Crippen molar-refractivity contribution in [3.8, 4) is 0 Å². The summed E-state index contributed by atoms with van der Waals surface area (Å²) in [5.41, 5.74) is -0.132. The number of likely N-dealkylation sites (tertiary alicyclic amines) is 1. The molecule has 0 saturated carbocycles. The van der Waals surface area contributed by atoms with Gasteiger partial charge in [-0.1, -0.05) is 13.8 Å². The summed E-state index contributed by atoms with van der Waals surface area (Å²) in [7, 11) is 0. The summed E-state index contributed by atoms with van der Waals surface area (Å²) >= 11 is 0. The fourth-order valence-electron chi connectivity index (χ4n) is 2.73. The Balaban J connectivity index is 2.18. The number of aromatic carboxylic acids is 1.